The highest BCUT2D eigenvalue weighted by atomic mass is 19.1. The lowest BCUT2D eigenvalue weighted by Crippen LogP contribution is -2.21. The van der Waals surface area contributed by atoms with E-state index in [2.05, 4.69) is 4.98 Å². The number of halogens is 1. The van der Waals surface area contributed by atoms with Crippen molar-refractivity contribution in [2.24, 2.45) is 5.73 Å². The summed E-state index contributed by atoms with van der Waals surface area (Å²) >= 11 is 0. The second-order valence-corrected chi connectivity index (χ2v) is 1.78. The summed E-state index contributed by atoms with van der Waals surface area (Å²) in [7, 11) is 0. The summed E-state index contributed by atoms with van der Waals surface area (Å²) in [6.07, 6.45) is 0.724. The van der Waals surface area contributed by atoms with Gasteiger partial charge in [-0.25, -0.2) is 4.98 Å². The fourth-order valence-corrected chi connectivity index (χ4v) is 0.550. The van der Waals surface area contributed by atoms with Crippen LogP contribution in [-0.4, -0.2) is 15.9 Å². The van der Waals surface area contributed by atoms with Gasteiger partial charge >= 0.3 is 0 Å². The van der Waals surface area contributed by atoms with Gasteiger partial charge < -0.3 is 10.7 Å². The van der Waals surface area contributed by atoms with Crippen molar-refractivity contribution in [3.63, 3.8) is 0 Å². The predicted octanol–water partition coefficient (Wildman–Crippen LogP) is -0.992. The van der Waals surface area contributed by atoms with E-state index in [-0.39, 0.29) is 0 Å². The number of nitrogens with one attached hydrogen (secondary N) is 1. The molecule has 6 heteroatoms. The van der Waals surface area contributed by atoms with Crippen LogP contribution in [0.15, 0.2) is 11.0 Å². The third-order valence-electron chi connectivity index (χ3n) is 0.996. The summed E-state index contributed by atoms with van der Waals surface area (Å²) in [4.78, 5) is 25.7. The van der Waals surface area contributed by atoms with Crippen molar-refractivity contribution in [1.82, 2.24) is 9.97 Å². The van der Waals surface area contributed by atoms with E-state index in [9.17, 15) is 14.0 Å². The number of carbonyl (C=O) groups excluding carboxylic acids is 1. The van der Waals surface area contributed by atoms with Gasteiger partial charge in [-0.15, -0.1) is 0 Å². The van der Waals surface area contributed by atoms with Crippen LogP contribution in [-0.2, 0) is 0 Å². The van der Waals surface area contributed by atoms with Crippen molar-refractivity contribution in [1.29, 1.82) is 0 Å². The summed E-state index contributed by atoms with van der Waals surface area (Å²) in [5.74, 6) is -2.12. The maximum Gasteiger partial charge on any atom is 0.270 e. The zero-order valence-corrected chi connectivity index (χ0v) is 5.30. The first-order chi connectivity index (χ1) is 5.11. The van der Waals surface area contributed by atoms with Crippen molar-refractivity contribution in [2.75, 3.05) is 0 Å². The van der Waals surface area contributed by atoms with Crippen molar-refractivity contribution in [3.05, 3.63) is 28.2 Å². The molecule has 0 saturated carbocycles. The van der Waals surface area contributed by atoms with E-state index >= 15 is 0 Å². The Labute approximate surface area is 60.1 Å². The molecule has 0 aliphatic carbocycles. The van der Waals surface area contributed by atoms with Crippen LogP contribution < -0.4 is 11.3 Å². The monoisotopic (exact) mass is 157 g/mol. The number of rotatable bonds is 1. The van der Waals surface area contributed by atoms with Crippen LogP contribution in [0, 0.1) is 5.95 Å². The number of amides is 1. The molecule has 1 heterocycles. The van der Waals surface area contributed by atoms with Gasteiger partial charge in [0.2, 0.25) is 5.95 Å². The first kappa shape index (κ1) is 7.39. The van der Waals surface area contributed by atoms with E-state index in [4.69, 9.17) is 5.73 Å². The number of nitrogens with two attached hydrogens (primary N) is 1. The molecule has 0 unspecified atom stereocenters. The topological polar surface area (TPSA) is 88.8 Å². The van der Waals surface area contributed by atoms with Crippen molar-refractivity contribution >= 4 is 5.91 Å². The SMILES string of the molecule is NC(=O)c1[nH]c(=O)cnc1F. The van der Waals surface area contributed by atoms with E-state index < -0.39 is 23.1 Å². The van der Waals surface area contributed by atoms with Gasteiger partial charge in [0, 0.05) is 0 Å². The molecule has 0 atom stereocenters. The molecule has 5 nitrogen and oxygen atoms in total. The van der Waals surface area contributed by atoms with Gasteiger partial charge in [-0.1, -0.05) is 0 Å². The fourth-order valence-electron chi connectivity index (χ4n) is 0.550. The van der Waals surface area contributed by atoms with Gasteiger partial charge in [0.25, 0.3) is 11.5 Å². The first-order valence-corrected chi connectivity index (χ1v) is 2.66. The van der Waals surface area contributed by atoms with Gasteiger partial charge in [0.05, 0.1) is 6.20 Å². The highest BCUT2D eigenvalue weighted by Gasteiger charge is 2.08. The number of hydrogen-bond acceptors (Lipinski definition) is 3. The number of carbonyl (C=O) groups is 1. The smallest absolute Gasteiger partial charge is 0.270 e. The second-order valence-electron chi connectivity index (χ2n) is 1.78. The van der Waals surface area contributed by atoms with Crippen LogP contribution >= 0.6 is 0 Å². The highest BCUT2D eigenvalue weighted by Crippen LogP contribution is 1.93. The Morgan fingerprint density at radius 2 is 2.36 bits per heavy atom. The van der Waals surface area contributed by atoms with Crippen molar-refractivity contribution in [3.8, 4) is 0 Å². The van der Waals surface area contributed by atoms with Gasteiger partial charge in [0.15, 0.2) is 5.69 Å². The summed E-state index contributed by atoms with van der Waals surface area (Å²) in [6.45, 7) is 0. The normalized spacial score (nSPS) is 9.55. The zero-order chi connectivity index (χ0) is 8.43. The third-order valence-corrected chi connectivity index (χ3v) is 0.996. The van der Waals surface area contributed by atoms with Crippen LogP contribution in [0.2, 0.25) is 0 Å². The molecule has 11 heavy (non-hydrogen) atoms. The van der Waals surface area contributed by atoms with Crippen LogP contribution in [0.4, 0.5) is 4.39 Å². The molecule has 1 aromatic heterocycles. The molecule has 0 aliphatic rings. The number of H-pyrrole nitrogens is 1. The Morgan fingerprint density at radius 3 is 2.82 bits per heavy atom. The summed E-state index contributed by atoms with van der Waals surface area (Å²) in [5, 5.41) is 0. The molecule has 0 saturated heterocycles. The first-order valence-electron chi connectivity index (χ1n) is 2.66. The minimum Gasteiger partial charge on any atom is -0.364 e. The van der Waals surface area contributed by atoms with E-state index in [0.717, 1.165) is 6.20 Å². The molecule has 0 aliphatic heterocycles. The van der Waals surface area contributed by atoms with Crippen LogP contribution in [0.1, 0.15) is 10.5 Å². The summed E-state index contributed by atoms with van der Waals surface area (Å²) in [6, 6.07) is 0. The molecule has 1 aromatic rings. The van der Waals surface area contributed by atoms with E-state index in [1.807, 2.05) is 4.98 Å². The lowest BCUT2D eigenvalue weighted by Gasteiger charge is -1.93. The Balaban J connectivity index is 3.35. The molecule has 3 N–H and O–H groups in total. The third kappa shape index (κ3) is 1.40. The van der Waals surface area contributed by atoms with Crippen LogP contribution in [0.3, 0.4) is 0 Å². The molecule has 1 amide bonds. The van der Waals surface area contributed by atoms with Crippen LogP contribution in [0.25, 0.3) is 0 Å². The molecule has 58 valence electrons. The van der Waals surface area contributed by atoms with Gasteiger partial charge in [-0.3, -0.25) is 9.59 Å². The molecule has 0 aromatic carbocycles. The number of aromatic amines is 1. The van der Waals surface area contributed by atoms with Gasteiger partial charge in [-0.05, 0) is 0 Å². The van der Waals surface area contributed by atoms with E-state index in [1.54, 1.807) is 0 Å². The number of hydrogen-bond donors (Lipinski definition) is 2. The largest absolute Gasteiger partial charge is 0.364 e. The fraction of sp³-hybridized carbons (Fsp3) is 0. The summed E-state index contributed by atoms with van der Waals surface area (Å²) < 4.78 is 12.4. The summed E-state index contributed by atoms with van der Waals surface area (Å²) in [5.41, 5.74) is 3.43. The Bertz CT molecular complexity index is 346. The predicted molar refractivity (Wildman–Crippen MR) is 33.3 cm³/mol. The maximum absolute atomic E-state index is 12.4. The minimum atomic E-state index is -1.07. The average molecular weight is 157 g/mol. The van der Waals surface area contributed by atoms with Crippen molar-refractivity contribution < 1.29 is 9.18 Å². The lowest BCUT2D eigenvalue weighted by atomic mass is 10.4. The highest BCUT2D eigenvalue weighted by molar-refractivity contribution is 5.90. The molecule has 0 radical (unpaired) electrons. The Kier molecular flexibility index (Phi) is 1.67. The maximum atomic E-state index is 12.4. The second kappa shape index (κ2) is 2.49. The standard InChI is InChI=1S/C5H4FN3O2/c6-4-3(5(7)11)9-2(10)1-8-4/h1H,(H2,7,11)(H,9,10). The van der Waals surface area contributed by atoms with E-state index in [1.165, 1.54) is 0 Å². The van der Waals surface area contributed by atoms with Crippen molar-refractivity contribution in [2.45, 2.75) is 0 Å². The minimum absolute atomic E-state index is 0.600. The zero-order valence-electron chi connectivity index (χ0n) is 5.30. The number of primary amides is 1. The van der Waals surface area contributed by atoms with Gasteiger partial charge in [0.1, 0.15) is 0 Å². The quantitative estimate of drug-likeness (QED) is 0.548. The van der Waals surface area contributed by atoms with Crippen LogP contribution in [0.5, 0.6) is 0 Å². The molecule has 1 rings (SSSR count). The van der Waals surface area contributed by atoms with Gasteiger partial charge in [-0.2, -0.15) is 4.39 Å². The average Bonchev–Trinajstić information content (AvgIpc) is 1.94. The molecular formula is C5H4FN3O2. The Morgan fingerprint density at radius 1 is 1.73 bits per heavy atom. The molecule has 0 bridgehead atoms. The lowest BCUT2D eigenvalue weighted by molar-refractivity contribution is 0.0990. The molecule has 0 spiro atoms. The van der Waals surface area contributed by atoms with E-state index in [0.29, 0.717) is 0 Å². The Hall–Kier alpha value is -1.72. The number of nitrogens with zero attached hydrogens (tertiary/aromatic N) is 1. The molecular weight excluding hydrogens is 153 g/mol. The number of aromatic nitrogens is 2. The molecule has 0 fully saturated rings.